The van der Waals surface area contributed by atoms with Crippen molar-refractivity contribution in [2.75, 3.05) is 13.7 Å². The predicted molar refractivity (Wildman–Crippen MR) is 86.4 cm³/mol. The molecule has 5 nitrogen and oxygen atoms in total. The Hall–Kier alpha value is -1.24. The average Bonchev–Trinajstić information content (AvgIpc) is 2.82. The van der Waals surface area contributed by atoms with Gasteiger partial charge in [0.25, 0.3) is 0 Å². The van der Waals surface area contributed by atoms with Crippen LogP contribution >= 0.6 is 11.8 Å². The van der Waals surface area contributed by atoms with E-state index in [1.54, 1.807) is 18.8 Å². The average molecular weight is 325 g/mol. The highest BCUT2D eigenvalue weighted by molar-refractivity contribution is 7.99. The molecule has 0 aromatic heterocycles. The van der Waals surface area contributed by atoms with Gasteiger partial charge in [0.2, 0.25) is 0 Å². The highest BCUT2D eigenvalue weighted by atomic mass is 32.2. The Morgan fingerprint density at radius 3 is 2.91 bits per heavy atom. The van der Waals surface area contributed by atoms with E-state index in [-0.39, 0.29) is 17.5 Å². The molecule has 2 rings (SSSR count). The number of carboxylic acid groups (broad SMARTS) is 1. The van der Waals surface area contributed by atoms with Crippen molar-refractivity contribution < 1.29 is 19.4 Å². The van der Waals surface area contributed by atoms with Crippen molar-refractivity contribution in [2.24, 2.45) is 5.92 Å². The molecule has 1 aliphatic rings. The number of aliphatic carboxylic acids is 1. The van der Waals surface area contributed by atoms with E-state index in [2.05, 4.69) is 5.32 Å². The number of carbonyl (C=O) groups is 1. The molecule has 0 amide bonds. The van der Waals surface area contributed by atoms with Crippen LogP contribution in [0.4, 0.5) is 0 Å². The van der Waals surface area contributed by atoms with Gasteiger partial charge in [-0.1, -0.05) is 30.8 Å². The standard InChI is InChI=1S/C16H23NO4S/c1-4-20-11-7-5-6-8-12(11)22-13-9-10(2)15(21-13)14(17-3)16(18)19/h5-8,10,13-15,17H,4,9H2,1-3H3,(H,18,19)/t10-,13?,14?,15-/m1/s1. The Labute approximate surface area is 135 Å². The zero-order valence-corrected chi connectivity index (χ0v) is 13.9. The maximum Gasteiger partial charge on any atom is 0.323 e. The molecule has 6 heteroatoms. The maximum absolute atomic E-state index is 11.3. The Bertz CT molecular complexity index is 511. The molecule has 0 spiro atoms. The highest BCUT2D eigenvalue weighted by Crippen LogP contribution is 2.40. The number of hydrogen-bond donors (Lipinski definition) is 2. The number of benzene rings is 1. The minimum atomic E-state index is -0.875. The van der Waals surface area contributed by atoms with E-state index < -0.39 is 12.0 Å². The fraction of sp³-hybridized carbons (Fsp3) is 0.562. The van der Waals surface area contributed by atoms with E-state index in [0.29, 0.717) is 6.61 Å². The number of ether oxygens (including phenoxy) is 2. The quantitative estimate of drug-likeness (QED) is 0.803. The number of rotatable bonds is 7. The van der Waals surface area contributed by atoms with Gasteiger partial charge < -0.3 is 19.9 Å². The van der Waals surface area contributed by atoms with Crippen molar-refractivity contribution in [1.29, 1.82) is 0 Å². The van der Waals surface area contributed by atoms with Gasteiger partial charge in [-0.15, -0.1) is 0 Å². The van der Waals surface area contributed by atoms with Crippen LogP contribution in [0.1, 0.15) is 20.3 Å². The van der Waals surface area contributed by atoms with E-state index in [1.807, 2.05) is 38.1 Å². The van der Waals surface area contributed by atoms with Gasteiger partial charge in [0.15, 0.2) is 0 Å². The van der Waals surface area contributed by atoms with E-state index in [4.69, 9.17) is 9.47 Å². The lowest BCUT2D eigenvalue weighted by molar-refractivity contribution is -0.143. The first-order chi connectivity index (χ1) is 10.6. The molecule has 0 radical (unpaired) electrons. The van der Waals surface area contributed by atoms with Crippen LogP contribution in [0.15, 0.2) is 29.2 Å². The summed E-state index contributed by atoms with van der Waals surface area (Å²) in [6, 6.07) is 7.17. The number of nitrogens with one attached hydrogen (secondary N) is 1. The number of likely N-dealkylation sites (N-methyl/N-ethyl adjacent to an activating group) is 1. The van der Waals surface area contributed by atoms with Crippen molar-refractivity contribution in [3.63, 3.8) is 0 Å². The fourth-order valence-corrected chi connectivity index (χ4v) is 3.94. The van der Waals surface area contributed by atoms with Crippen LogP contribution in [0.3, 0.4) is 0 Å². The van der Waals surface area contributed by atoms with Crippen molar-refractivity contribution >= 4 is 17.7 Å². The van der Waals surface area contributed by atoms with Gasteiger partial charge in [-0.2, -0.15) is 0 Å². The molecule has 1 aromatic rings. The summed E-state index contributed by atoms with van der Waals surface area (Å²) in [7, 11) is 1.65. The van der Waals surface area contributed by atoms with Gasteiger partial charge in [-0.25, -0.2) is 0 Å². The third-order valence-corrected chi connectivity index (χ3v) is 4.90. The first kappa shape index (κ1) is 17.1. The topological polar surface area (TPSA) is 67.8 Å². The van der Waals surface area contributed by atoms with Crippen molar-refractivity contribution in [2.45, 2.75) is 42.7 Å². The van der Waals surface area contributed by atoms with Gasteiger partial charge in [-0.3, -0.25) is 4.79 Å². The maximum atomic E-state index is 11.3. The smallest absolute Gasteiger partial charge is 0.323 e. The number of para-hydroxylation sites is 1. The summed E-state index contributed by atoms with van der Waals surface area (Å²) in [6.07, 6.45) is 0.501. The molecule has 0 saturated carbocycles. The SMILES string of the molecule is CCOc1ccccc1SC1C[C@@H](C)[C@H](C(NC)C(=O)O)O1. The summed E-state index contributed by atoms with van der Waals surface area (Å²) in [4.78, 5) is 12.3. The summed E-state index contributed by atoms with van der Waals surface area (Å²) in [5.74, 6) is 0.156. The van der Waals surface area contributed by atoms with Crippen LogP contribution < -0.4 is 10.1 Å². The Kier molecular flexibility index (Phi) is 6.11. The highest BCUT2D eigenvalue weighted by Gasteiger charge is 2.40. The van der Waals surface area contributed by atoms with Crippen LogP contribution in [-0.2, 0) is 9.53 Å². The van der Waals surface area contributed by atoms with Crippen LogP contribution in [0, 0.1) is 5.92 Å². The molecule has 1 fully saturated rings. The van der Waals surface area contributed by atoms with Gasteiger partial charge in [-0.05, 0) is 38.4 Å². The molecule has 1 saturated heterocycles. The molecule has 1 heterocycles. The van der Waals surface area contributed by atoms with Crippen LogP contribution in [-0.4, -0.2) is 42.3 Å². The Morgan fingerprint density at radius 2 is 2.27 bits per heavy atom. The number of hydrogen-bond acceptors (Lipinski definition) is 5. The second-order valence-corrected chi connectivity index (χ2v) is 6.55. The second kappa shape index (κ2) is 7.85. The molecular weight excluding hydrogens is 302 g/mol. The van der Waals surface area contributed by atoms with Crippen LogP contribution in [0.2, 0.25) is 0 Å². The van der Waals surface area contributed by atoms with Crippen molar-refractivity contribution in [3.05, 3.63) is 24.3 Å². The van der Waals surface area contributed by atoms with Crippen LogP contribution in [0.5, 0.6) is 5.75 Å². The minimum absolute atomic E-state index is 0.0585. The van der Waals surface area contributed by atoms with E-state index in [1.165, 1.54) is 0 Å². The first-order valence-electron chi connectivity index (χ1n) is 7.50. The van der Waals surface area contributed by atoms with Crippen molar-refractivity contribution in [3.8, 4) is 5.75 Å². The van der Waals surface area contributed by atoms with Gasteiger partial charge in [0, 0.05) is 0 Å². The third-order valence-electron chi connectivity index (χ3n) is 3.75. The normalized spacial score (nSPS) is 25.9. The first-order valence-corrected chi connectivity index (χ1v) is 8.38. The molecule has 0 aliphatic carbocycles. The molecule has 2 N–H and O–H groups in total. The largest absolute Gasteiger partial charge is 0.493 e. The lowest BCUT2D eigenvalue weighted by Gasteiger charge is -2.22. The van der Waals surface area contributed by atoms with Gasteiger partial charge >= 0.3 is 5.97 Å². The lowest BCUT2D eigenvalue weighted by atomic mass is 9.98. The molecule has 122 valence electrons. The van der Waals surface area contributed by atoms with Gasteiger partial charge in [0.1, 0.15) is 17.2 Å². The summed E-state index contributed by atoms with van der Waals surface area (Å²) in [6.45, 7) is 4.60. The Balaban J connectivity index is 2.05. The lowest BCUT2D eigenvalue weighted by Crippen LogP contribution is -2.46. The molecule has 0 bridgehead atoms. The van der Waals surface area contributed by atoms with E-state index >= 15 is 0 Å². The summed E-state index contributed by atoms with van der Waals surface area (Å²) < 4.78 is 11.6. The minimum Gasteiger partial charge on any atom is -0.493 e. The van der Waals surface area contributed by atoms with Crippen LogP contribution in [0.25, 0.3) is 0 Å². The molecule has 4 atom stereocenters. The van der Waals surface area contributed by atoms with E-state index in [0.717, 1.165) is 17.1 Å². The second-order valence-electron chi connectivity index (χ2n) is 5.35. The third kappa shape index (κ3) is 3.94. The van der Waals surface area contributed by atoms with E-state index in [9.17, 15) is 9.90 Å². The zero-order chi connectivity index (χ0) is 16.1. The Morgan fingerprint density at radius 1 is 1.55 bits per heavy atom. The number of thioether (sulfide) groups is 1. The molecule has 1 aromatic carbocycles. The molecule has 1 aliphatic heterocycles. The predicted octanol–water partition coefficient (Wildman–Crippen LogP) is 2.60. The molecule has 2 unspecified atom stereocenters. The molecular formula is C16H23NO4S. The zero-order valence-electron chi connectivity index (χ0n) is 13.1. The summed E-state index contributed by atoms with van der Waals surface area (Å²) in [5.41, 5.74) is -0.0585. The fourth-order valence-electron chi connectivity index (χ4n) is 2.68. The number of carboxylic acids is 1. The van der Waals surface area contributed by atoms with Crippen molar-refractivity contribution in [1.82, 2.24) is 5.32 Å². The summed E-state index contributed by atoms with van der Waals surface area (Å²) in [5, 5.41) is 12.1. The monoisotopic (exact) mass is 325 g/mol. The summed E-state index contributed by atoms with van der Waals surface area (Å²) >= 11 is 1.60. The van der Waals surface area contributed by atoms with Gasteiger partial charge in [0.05, 0.1) is 17.6 Å². The molecule has 22 heavy (non-hydrogen) atoms.